The average molecular weight is 242 g/mol. The van der Waals surface area contributed by atoms with Crippen LogP contribution in [0.15, 0.2) is 0 Å². The molecule has 1 heterocycles. The summed E-state index contributed by atoms with van der Waals surface area (Å²) in [6, 6.07) is 0. The van der Waals surface area contributed by atoms with Crippen LogP contribution in [0.25, 0.3) is 0 Å². The van der Waals surface area contributed by atoms with Gasteiger partial charge in [0.05, 0.1) is 0 Å². The Balaban J connectivity index is 2.15. The van der Waals surface area contributed by atoms with E-state index in [1.807, 2.05) is 4.90 Å². The first-order valence-corrected chi connectivity index (χ1v) is 6.48. The smallest absolute Gasteiger partial charge is 0.223 e. The Labute approximate surface area is 105 Å². The van der Waals surface area contributed by atoms with E-state index in [2.05, 4.69) is 23.9 Å². The summed E-state index contributed by atoms with van der Waals surface area (Å²) in [6.07, 6.45) is 1.68. The van der Waals surface area contributed by atoms with Gasteiger partial charge in [0.25, 0.3) is 0 Å². The van der Waals surface area contributed by atoms with Crippen LogP contribution < -0.4 is 5.73 Å². The fraction of sp³-hybridized carbons (Fsp3) is 0.917. The Morgan fingerprint density at radius 3 is 2.41 bits per heavy atom. The van der Waals surface area contributed by atoms with Gasteiger partial charge in [-0.05, 0) is 33.6 Å². The van der Waals surface area contributed by atoms with Gasteiger partial charge in [0.2, 0.25) is 5.91 Å². The maximum absolute atomic E-state index is 11.6. The van der Waals surface area contributed by atoms with Crippen LogP contribution in [-0.2, 0) is 4.79 Å². The van der Waals surface area contributed by atoms with Crippen LogP contribution in [0.2, 0.25) is 0 Å². The summed E-state index contributed by atoms with van der Waals surface area (Å²) in [6.45, 7) is 6.46. The first-order chi connectivity index (χ1) is 8.13. The summed E-state index contributed by atoms with van der Waals surface area (Å²) in [5, 5.41) is 0. The Kier molecular flexibility index (Phi) is 6.47. The predicted molar refractivity (Wildman–Crippen MR) is 69.9 cm³/mol. The number of rotatable bonds is 6. The highest BCUT2D eigenvalue weighted by molar-refractivity contribution is 5.76. The molecule has 5 nitrogen and oxygen atoms in total. The summed E-state index contributed by atoms with van der Waals surface area (Å²) in [4.78, 5) is 18.2. The van der Waals surface area contributed by atoms with Gasteiger partial charge in [-0.15, -0.1) is 0 Å². The third-order valence-electron chi connectivity index (χ3n) is 3.16. The summed E-state index contributed by atoms with van der Waals surface area (Å²) >= 11 is 0. The minimum atomic E-state index is 0.209. The van der Waals surface area contributed by atoms with Gasteiger partial charge in [0.15, 0.2) is 0 Å². The third kappa shape index (κ3) is 5.48. The zero-order valence-corrected chi connectivity index (χ0v) is 11.2. The summed E-state index contributed by atoms with van der Waals surface area (Å²) in [5.74, 6) is 0.209. The first kappa shape index (κ1) is 14.4. The summed E-state index contributed by atoms with van der Waals surface area (Å²) < 4.78 is 0. The molecule has 0 saturated carbocycles. The molecule has 1 aliphatic heterocycles. The zero-order valence-electron chi connectivity index (χ0n) is 11.2. The SMILES string of the molecule is CN(C)CCCN1CCN(C(=O)CCN)CC1. The number of piperazine rings is 1. The second kappa shape index (κ2) is 7.63. The fourth-order valence-electron chi connectivity index (χ4n) is 2.11. The molecule has 0 aliphatic carbocycles. The van der Waals surface area contributed by atoms with Crippen molar-refractivity contribution >= 4 is 5.91 Å². The molecule has 2 N–H and O–H groups in total. The van der Waals surface area contributed by atoms with Gasteiger partial charge in [-0.25, -0.2) is 0 Å². The van der Waals surface area contributed by atoms with Gasteiger partial charge in [0.1, 0.15) is 0 Å². The van der Waals surface area contributed by atoms with E-state index in [0.717, 1.165) is 39.3 Å². The summed E-state index contributed by atoms with van der Waals surface area (Å²) in [5.41, 5.74) is 5.39. The molecule has 1 aliphatic rings. The molecule has 100 valence electrons. The van der Waals surface area contributed by atoms with Crippen molar-refractivity contribution in [2.45, 2.75) is 12.8 Å². The highest BCUT2D eigenvalue weighted by Crippen LogP contribution is 2.04. The highest BCUT2D eigenvalue weighted by atomic mass is 16.2. The molecule has 5 heteroatoms. The predicted octanol–water partition coefficient (Wildman–Crippen LogP) is -0.569. The molecule has 0 aromatic carbocycles. The quantitative estimate of drug-likeness (QED) is 0.678. The normalized spacial score (nSPS) is 17.8. The van der Waals surface area contributed by atoms with Crippen molar-refractivity contribution in [3.8, 4) is 0 Å². The van der Waals surface area contributed by atoms with Gasteiger partial charge in [0, 0.05) is 39.1 Å². The number of carbonyl (C=O) groups excluding carboxylic acids is 1. The second-order valence-corrected chi connectivity index (χ2v) is 4.92. The van der Waals surface area contributed by atoms with Crippen LogP contribution in [0.4, 0.5) is 0 Å². The van der Waals surface area contributed by atoms with E-state index >= 15 is 0 Å². The Morgan fingerprint density at radius 1 is 1.24 bits per heavy atom. The van der Waals surface area contributed by atoms with Crippen molar-refractivity contribution in [3.05, 3.63) is 0 Å². The van der Waals surface area contributed by atoms with E-state index in [9.17, 15) is 4.79 Å². The lowest BCUT2D eigenvalue weighted by Gasteiger charge is -2.34. The first-order valence-electron chi connectivity index (χ1n) is 6.48. The zero-order chi connectivity index (χ0) is 12.7. The maximum atomic E-state index is 11.6. The number of hydrogen-bond acceptors (Lipinski definition) is 4. The van der Waals surface area contributed by atoms with Crippen LogP contribution in [-0.4, -0.2) is 80.5 Å². The van der Waals surface area contributed by atoms with Gasteiger partial charge < -0.3 is 15.5 Å². The number of amides is 1. The van der Waals surface area contributed by atoms with E-state index in [4.69, 9.17) is 5.73 Å². The van der Waals surface area contributed by atoms with Gasteiger partial charge in [-0.2, -0.15) is 0 Å². The second-order valence-electron chi connectivity index (χ2n) is 4.92. The molecule has 1 fully saturated rings. The number of hydrogen-bond donors (Lipinski definition) is 1. The number of carbonyl (C=O) groups is 1. The van der Waals surface area contributed by atoms with Crippen LogP contribution in [0, 0.1) is 0 Å². The van der Waals surface area contributed by atoms with Crippen molar-refractivity contribution in [3.63, 3.8) is 0 Å². The van der Waals surface area contributed by atoms with Crippen molar-refractivity contribution < 1.29 is 4.79 Å². The van der Waals surface area contributed by atoms with Crippen LogP contribution >= 0.6 is 0 Å². The molecule has 1 saturated heterocycles. The molecule has 1 rings (SSSR count). The Hall–Kier alpha value is -0.650. The molecular formula is C12H26N4O. The minimum Gasteiger partial charge on any atom is -0.340 e. The lowest BCUT2D eigenvalue weighted by Crippen LogP contribution is -2.49. The van der Waals surface area contributed by atoms with E-state index in [0.29, 0.717) is 13.0 Å². The van der Waals surface area contributed by atoms with Crippen molar-refractivity contribution in [2.24, 2.45) is 5.73 Å². The maximum Gasteiger partial charge on any atom is 0.223 e. The van der Waals surface area contributed by atoms with E-state index in [-0.39, 0.29) is 5.91 Å². The number of nitrogens with zero attached hydrogens (tertiary/aromatic N) is 3. The van der Waals surface area contributed by atoms with Gasteiger partial charge in [-0.3, -0.25) is 9.69 Å². The lowest BCUT2D eigenvalue weighted by atomic mass is 10.2. The van der Waals surface area contributed by atoms with Crippen LogP contribution in [0.1, 0.15) is 12.8 Å². The Bertz CT molecular complexity index is 225. The molecule has 0 spiro atoms. The van der Waals surface area contributed by atoms with E-state index in [1.54, 1.807) is 0 Å². The fourth-order valence-corrected chi connectivity index (χ4v) is 2.11. The van der Waals surface area contributed by atoms with Gasteiger partial charge in [-0.1, -0.05) is 0 Å². The number of nitrogens with two attached hydrogens (primary N) is 1. The molecule has 17 heavy (non-hydrogen) atoms. The molecule has 0 unspecified atom stereocenters. The molecule has 0 radical (unpaired) electrons. The van der Waals surface area contributed by atoms with Crippen molar-refractivity contribution in [2.75, 3.05) is 59.9 Å². The van der Waals surface area contributed by atoms with Crippen molar-refractivity contribution in [1.29, 1.82) is 0 Å². The minimum absolute atomic E-state index is 0.209. The standard InChI is InChI=1S/C12H26N4O/c1-14(2)6-3-7-15-8-10-16(11-9-15)12(17)4-5-13/h3-11,13H2,1-2H3. The largest absolute Gasteiger partial charge is 0.340 e. The van der Waals surface area contributed by atoms with Crippen LogP contribution in [0.3, 0.4) is 0 Å². The van der Waals surface area contributed by atoms with Crippen LogP contribution in [0.5, 0.6) is 0 Å². The van der Waals surface area contributed by atoms with Crippen molar-refractivity contribution in [1.82, 2.24) is 14.7 Å². The molecule has 0 aromatic heterocycles. The molecule has 0 aromatic rings. The highest BCUT2D eigenvalue weighted by Gasteiger charge is 2.19. The third-order valence-corrected chi connectivity index (χ3v) is 3.16. The van der Waals surface area contributed by atoms with Gasteiger partial charge >= 0.3 is 0 Å². The van der Waals surface area contributed by atoms with E-state index < -0.39 is 0 Å². The molecular weight excluding hydrogens is 216 g/mol. The lowest BCUT2D eigenvalue weighted by molar-refractivity contribution is -0.132. The van der Waals surface area contributed by atoms with E-state index in [1.165, 1.54) is 6.42 Å². The monoisotopic (exact) mass is 242 g/mol. The average Bonchev–Trinajstić information content (AvgIpc) is 2.30. The molecule has 0 bridgehead atoms. The summed E-state index contributed by atoms with van der Waals surface area (Å²) in [7, 11) is 4.20. The Morgan fingerprint density at radius 2 is 1.88 bits per heavy atom. The topological polar surface area (TPSA) is 52.8 Å². The molecule has 0 atom stereocenters. The molecule has 1 amide bonds.